The number of furan rings is 2. The van der Waals surface area contributed by atoms with Gasteiger partial charge in [-0.15, -0.1) is 0 Å². The monoisotopic (exact) mass is 284 g/mol. The van der Waals surface area contributed by atoms with Crippen molar-refractivity contribution >= 4 is 11.6 Å². The molecule has 2 aromatic heterocycles. The van der Waals surface area contributed by atoms with E-state index >= 15 is 0 Å². The standard InChI is InChI=1S/C17H16O4/c18-16(12-3-1-7-20-12)14-10-5-6-11(9-10)15(14)17(19)13-4-2-8-21-13/h1-4,7-8,10-11,14-15H,5-6,9H2/t10-,11+,14+,15-. The lowest BCUT2D eigenvalue weighted by Gasteiger charge is -2.27. The molecule has 0 unspecified atom stereocenters. The molecular weight excluding hydrogens is 268 g/mol. The van der Waals surface area contributed by atoms with E-state index in [1.54, 1.807) is 24.3 Å². The van der Waals surface area contributed by atoms with Gasteiger partial charge in [-0.1, -0.05) is 0 Å². The topological polar surface area (TPSA) is 60.4 Å². The summed E-state index contributed by atoms with van der Waals surface area (Å²) in [6.45, 7) is 0. The minimum Gasteiger partial charge on any atom is -0.461 e. The van der Waals surface area contributed by atoms with Gasteiger partial charge in [-0.05, 0) is 55.4 Å². The Labute approximate surface area is 122 Å². The molecule has 0 aromatic carbocycles. The average molecular weight is 284 g/mol. The predicted octanol–water partition coefficient (Wildman–Crippen LogP) is 3.60. The van der Waals surface area contributed by atoms with Crippen molar-refractivity contribution in [3.8, 4) is 0 Å². The van der Waals surface area contributed by atoms with Gasteiger partial charge < -0.3 is 8.83 Å². The maximum Gasteiger partial charge on any atom is 0.202 e. The molecule has 2 saturated carbocycles. The van der Waals surface area contributed by atoms with Gasteiger partial charge in [0.15, 0.2) is 11.5 Å². The number of carbonyl (C=O) groups is 2. The highest BCUT2D eigenvalue weighted by Gasteiger charge is 2.54. The number of Topliss-reactive ketones (excluding diaryl/α,β-unsaturated/α-hetero) is 2. The fourth-order valence-corrected chi connectivity index (χ4v) is 4.21. The van der Waals surface area contributed by atoms with Crippen LogP contribution in [0.2, 0.25) is 0 Å². The van der Waals surface area contributed by atoms with Gasteiger partial charge in [-0.2, -0.15) is 0 Å². The summed E-state index contributed by atoms with van der Waals surface area (Å²) in [4.78, 5) is 25.4. The number of hydrogen-bond acceptors (Lipinski definition) is 4. The molecule has 4 heteroatoms. The van der Waals surface area contributed by atoms with Crippen LogP contribution in [0.4, 0.5) is 0 Å². The van der Waals surface area contributed by atoms with Crippen LogP contribution in [0.15, 0.2) is 45.6 Å². The first-order valence-corrected chi connectivity index (χ1v) is 7.41. The summed E-state index contributed by atoms with van der Waals surface area (Å²) in [5, 5.41) is 0. The number of ketones is 2. The molecule has 4 rings (SSSR count). The molecule has 2 fully saturated rings. The van der Waals surface area contributed by atoms with Crippen LogP contribution in [0.5, 0.6) is 0 Å². The van der Waals surface area contributed by atoms with E-state index in [2.05, 4.69) is 0 Å². The van der Waals surface area contributed by atoms with E-state index in [0.717, 1.165) is 19.3 Å². The van der Waals surface area contributed by atoms with E-state index in [0.29, 0.717) is 23.4 Å². The Kier molecular flexibility index (Phi) is 2.84. The summed E-state index contributed by atoms with van der Waals surface area (Å²) >= 11 is 0. The maximum absolute atomic E-state index is 12.7. The van der Waals surface area contributed by atoms with E-state index < -0.39 is 0 Å². The lowest BCUT2D eigenvalue weighted by atomic mass is 9.74. The normalized spacial score (nSPS) is 30.7. The van der Waals surface area contributed by atoms with Crippen molar-refractivity contribution in [3.05, 3.63) is 48.3 Å². The van der Waals surface area contributed by atoms with Gasteiger partial charge in [0.2, 0.25) is 11.6 Å². The van der Waals surface area contributed by atoms with E-state index in [9.17, 15) is 9.59 Å². The molecule has 0 saturated heterocycles. The van der Waals surface area contributed by atoms with Gasteiger partial charge in [-0.3, -0.25) is 9.59 Å². The molecule has 2 aliphatic rings. The van der Waals surface area contributed by atoms with Crippen LogP contribution in [-0.2, 0) is 0 Å². The van der Waals surface area contributed by atoms with Crippen molar-refractivity contribution in [2.24, 2.45) is 23.7 Å². The largest absolute Gasteiger partial charge is 0.461 e. The molecule has 4 atom stereocenters. The van der Waals surface area contributed by atoms with E-state index in [4.69, 9.17) is 8.83 Å². The Hall–Kier alpha value is -2.10. The number of carbonyl (C=O) groups excluding carboxylic acids is 2. The SMILES string of the molecule is O=C(c1ccco1)[C@@H]1[C@H]2CC[C@H](C2)[C@@H]1C(=O)c1ccco1. The molecule has 108 valence electrons. The Balaban J connectivity index is 1.68. The summed E-state index contributed by atoms with van der Waals surface area (Å²) < 4.78 is 10.5. The van der Waals surface area contributed by atoms with Crippen molar-refractivity contribution < 1.29 is 18.4 Å². The second-order valence-electron chi connectivity index (χ2n) is 6.07. The second-order valence-corrected chi connectivity index (χ2v) is 6.07. The molecule has 2 heterocycles. The van der Waals surface area contributed by atoms with Crippen molar-refractivity contribution in [2.75, 3.05) is 0 Å². The lowest BCUT2D eigenvalue weighted by molar-refractivity contribution is 0.0662. The Bertz CT molecular complexity index is 595. The van der Waals surface area contributed by atoms with Gasteiger partial charge in [0.25, 0.3) is 0 Å². The second kappa shape index (κ2) is 4.72. The van der Waals surface area contributed by atoms with Crippen LogP contribution in [-0.4, -0.2) is 11.6 Å². The zero-order chi connectivity index (χ0) is 14.4. The van der Waals surface area contributed by atoms with E-state index in [-0.39, 0.29) is 23.4 Å². The Morgan fingerprint density at radius 1 is 0.857 bits per heavy atom. The van der Waals surface area contributed by atoms with Crippen molar-refractivity contribution in [1.29, 1.82) is 0 Å². The molecule has 21 heavy (non-hydrogen) atoms. The minimum atomic E-state index is -0.257. The van der Waals surface area contributed by atoms with Gasteiger partial charge in [0, 0.05) is 11.8 Å². The summed E-state index contributed by atoms with van der Waals surface area (Å²) in [5.41, 5.74) is 0. The first-order valence-electron chi connectivity index (χ1n) is 7.41. The average Bonchev–Trinajstić information content (AvgIpc) is 3.30. The highest BCUT2D eigenvalue weighted by molar-refractivity contribution is 6.03. The van der Waals surface area contributed by atoms with Crippen LogP contribution in [0.1, 0.15) is 40.4 Å². The molecular formula is C17H16O4. The van der Waals surface area contributed by atoms with Crippen LogP contribution >= 0.6 is 0 Å². The number of hydrogen-bond donors (Lipinski definition) is 0. The quantitative estimate of drug-likeness (QED) is 0.805. The molecule has 0 amide bonds. The maximum atomic E-state index is 12.7. The predicted molar refractivity (Wildman–Crippen MR) is 73.9 cm³/mol. The Morgan fingerprint density at radius 3 is 1.71 bits per heavy atom. The zero-order valence-electron chi connectivity index (χ0n) is 11.5. The smallest absolute Gasteiger partial charge is 0.202 e. The minimum absolute atomic E-state index is 0.0305. The molecule has 2 aromatic rings. The molecule has 2 bridgehead atoms. The van der Waals surface area contributed by atoms with Crippen LogP contribution in [0, 0.1) is 23.7 Å². The highest BCUT2D eigenvalue weighted by Crippen LogP contribution is 2.54. The van der Waals surface area contributed by atoms with E-state index in [1.165, 1.54) is 12.5 Å². The fraction of sp³-hybridized carbons (Fsp3) is 0.412. The summed E-state index contributed by atoms with van der Waals surface area (Å²) in [6, 6.07) is 6.79. The molecule has 4 nitrogen and oxygen atoms in total. The van der Waals surface area contributed by atoms with Gasteiger partial charge in [0.05, 0.1) is 12.5 Å². The van der Waals surface area contributed by atoms with Crippen molar-refractivity contribution in [3.63, 3.8) is 0 Å². The van der Waals surface area contributed by atoms with Crippen LogP contribution < -0.4 is 0 Å². The molecule has 0 radical (unpaired) electrons. The number of fused-ring (bicyclic) bond motifs is 2. The first-order chi connectivity index (χ1) is 10.3. The van der Waals surface area contributed by atoms with Gasteiger partial charge >= 0.3 is 0 Å². The Morgan fingerprint density at radius 2 is 1.33 bits per heavy atom. The molecule has 0 N–H and O–H groups in total. The third kappa shape index (κ3) is 1.89. The highest BCUT2D eigenvalue weighted by atomic mass is 16.3. The molecule has 0 aliphatic heterocycles. The zero-order valence-corrected chi connectivity index (χ0v) is 11.5. The first kappa shape index (κ1) is 12.6. The van der Waals surface area contributed by atoms with Gasteiger partial charge in [-0.25, -0.2) is 0 Å². The van der Waals surface area contributed by atoms with Gasteiger partial charge in [0.1, 0.15) is 0 Å². The fourth-order valence-electron chi connectivity index (χ4n) is 4.21. The lowest BCUT2D eigenvalue weighted by Crippen LogP contribution is -2.34. The van der Waals surface area contributed by atoms with Crippen LogP contribution in [0.3, 0.4) is 0 Å². The number of rotatable bonds is 4. The van der Waals surface area contributed by atoms with Crippen molar-refractivity contribution in [2.45, 2.75) is 19.3 Å². The van der Waals surface area contributed by atoms with E-state index in [1.807, 2.05) is 0 Å². The van der Waals surface area contributed by atoms with Crippen LogP contribution in [0.25, 0.3) is 0 Å². The molecule has 2 aliphatic carbocycles. The molecule has 0 spiro atoms. The van der Waals surface area contributed by atoms with Crippen molar-refractivity contribution in [1.82, 2.24) is 0 Å². The summed E-state index contributed by atoms with van der Waals surface area (Å²) in [7, 11) is 0. The summed E-state index contributed by atoms with van der Waals surface area (Å²) in [5.74, 6) is 0.761. The third-order valence-corrected chi connectivity index (χ3v) is 5.05. The summed E-state index contributed by atoms with van der Waals surface area (Å²) in [6.07, 6.45) is 6.04. The third-order valence-electron chi connectivity index (χ3n) is 5.05.